The molecule has 2 aromatic carbocycles. The van der Waals surface area contributed by atoms with Gasteiger partial charge in [-0.2, -0.15) is 0 Å². The molecule has 0 aliphatic carbocycles. The average Bonchev–Trinajstić information content (AvgIpc) is 2.66. The Morgan fingerprint density at radius 2 is 1.78 bits per heavy atom. The van der Waals surface area contributed by atoms with Crippen LogP contribution in [-0.2, 0) is 16.1 Å². The summed E-state index contributed by atoms with van der Waals surface area (Å²) in [5.74, 6) is -0.913. The van der Waals surface area contributed by atoms with E-state index in [0.717, 1.165) is 11.1 Å². The zero-order valence-electron chi connectivity index (χ0n) is 15.3. The predicted molar refractivity (Wildman–Crippen MR) is 100 cm³/mol. The number of aliphatic carboxylic acids is 1. The van der Waals surface area contributed by atoms with Crippen molar-refractivity contribution in [3.05, 3.63) is 65.5 Å². The summed E-state index contributed by atoms with van der Waals surface area (Å²) in [5.41, 5.74) is 1.72. The third-order valence-electron chi connectivity index (χ3n) is 4.19. The summed E-state index contributed by atoms with van der Waals surface area (Å²) >= 11 is 0. The molecule has 0 heterocycles. The largest absolute Gasteiger partial charge is 0.494 e. The van der Waals surface area contributed by atoms with Crippen LogP contribution in [0.1, 0.15) is 43.2 Å². The first-order chi connectivity index (χ1) is 13.0. The van der Waals surface area contributed by atoms with Crippen molar-refractivity contribution >= 4 is 11.9 Å². The van der Waals surface area contributed by atoms with Gasteiger partial charge in [-0.25, -0.2) is 4.39 Å². The number of amides is 1. The second-order valence-electron chi connectivity index (χ2n) is 6.22. The summed E-state index contributed by atoms with van der Waals surface area (Å²) in [6.45, 7) is 2.65. The molecule has 0 aromatic heterocycles. The van der Waals surface area contributed by atoms with Crippen molar-refractivity contribution in [1.29, 1.82) is 0 Å². The van der Waals surface area contributed by atoms with Gasteiger partial charge in [0, 0.05) is 13.0 Å². The van der Waals surface area contributed by atoms with Gasteiger partial charge in [-0.05, 0) is 48.2 Å². The van der Waals surface area contributed by atoms with Crippen LogP contribution in [0.25, 0.3) is 0 Å². The van der Waals surface area contributed by atoms with Gasteiger partial charge in [0.25, 0.3) is 0 Å². The number of carbonyl (C=O) groups excluding carboxylic acids is 1. The van der Waals surface area contributed by atoms with Crippen LogP contribution >= 0.6 is 0 Å². The Bertz CT molecular complexity index is 744. The molecule has 1 amide bonds. The van der Waals surface area contributed by atoms with Crippen molar-refractivity contribution in [2.45, 2.75) is 38.6 Å². The summed E-state index contributed by atoms with van der Waals surface area (Å²) < 4.78 is 18.5. The summed E-state index contributed by atoms with van der Waals surface area (Å²) in [7, 11) is 0. The number of benzene rings is 2. The third kappa shape index (κ3) is 6.73. The molecule has 5 nitrogen and oxygen atoms in total. The minimum absolute atomic E-state index is 0.0801. The Balaban J connectivity index is 1.83. The molecule has 0 radical (unpaired) electrons. The number of ether oxygens (including phenoxy) is 1. The zero-order chi connectivity index (χ0) is 19.6. The lowest BCUT2D eigenvalue weighted by atomic mass is 9.95. The summed E-state index contributed by atoms with van der Waals surface area (Å²) in [6, 6.07) is 13.3. The first-order valence-corrected chi connectivity index (χ1v) is 8.96. The molecule has 0 aliphatic heterocycles. The minimum Gasteiger partial charge on any atom is -0.494 e. The van der Waals surface area contributed by atoms with Crippen LogP contribution < -0.4 is 10.1 Å². The number of carboxylic acids is 1. The van der Waals surface area contributed by atoms with Crippen LogP contribution in [-0.4, -0.2) is 23.6 Å². The maximum Gasteiger partial charge on any atom is 0.303 e. The molecule has 0 saturated heterocycles. The van der Waals surface area contributed by atoms with Crippen molar-refractivity contribution < 1.29 is 23.8 Å². The van der Waals surface area contributed by atoms with Crippen molar-refractivity contribution in [1.82, 2.24) is 5.32 Å². The van der Waals surface area contributed by atoms with Crippen molar-refractivity contribution in [2.75, 3.05) is 6.61 Å². The summed E-state index contributed by atoms with van der Waals surface area (Å²) in [6.07, 6.45) is 1.16. The molecular formula is C21H24FNO4. The number of hydrogen-bond acceptors (Lipinski definition) is 3. The molecular weight excluding hydrogens is 349 g/mol. The molecule has 2 rings (SSSR count). The summed E-state index contributed by atoms with van der Waals surface area (Å²) in [4.78, 5) is 22.9. The van der Waals surface area contributed by atoms with Gasteiger partial charge in [-0.15, -0.1) is 0 Å². The predicted octanol–water partition coefficient (Wildman–Crippen LogP) is 3.88. The smallest absolute Gasteiger partial charge is 0.303 e. The number of rotatable bonds is 10. The molecule has 0 fully saturated rings. The van der Waals surface area contributed by atoms with E-state index in [1.165, 1.54) is 12.1 Å². The maximum atomic E-state index is 13.1. The lowest BCUT2D eigenvalue weighted by Gasteiger charge is -2.15. The van der Waals surface area contributed by atoms with Gasteiger partial charge < -0.3 is 15.2 Å². The highest BCUT2D eigenvalue weighted by molar-refractivity contribution is 5.83. The highest BCUT2D eigenvalue weighted by Crippen LogP contribution is 2.20. The molecule has 0 bridgehead atoms. The standard InChI is InChI=1S/C21H24FNO4/c1-2-19(16-7-9-17(22)10-8-16)21(26)23-14-15-5-11-18(12-6-15)27-13-3-4-20(24)25/h5-12,19H,2-4,13-14H2,1H3,(H,23,26)(H,24,25). The molecule has 1 atom stereocenters. The quantitative estimate of drug-likeness (QED) is 0.620. The highest BCUT2D eigenvalue weighted by atomic mass is 19.1. The van der Waals surface area contributed by atoms with Gasteiger partial charge in [-0.3, -0.25) is 9.59 Å². The molecule has 1 unspecified atom stereocenters. The van der Waals surface area contributed by atoms with Crippen molar-refractivity contribution in [3.8, 4) is 5.75 Å². The van der Waals surface area contributed by atoms with E-state index in [1.807, 2.05) is 19.1 Å². The fourth-order valence-electron chi connectivity index (χ4n) is 2.70. The molecule has 6 heteroatoms. The molecule has 27 heavy (non-hydrogen) atoms. The van der Waals surface area contributed by atoms with E-state index >= 15 is 0 Å². The molecule has 2 aromatic rings. The normalized spacial score (nSPS) is 11.6. The van der Waals surface area contributed by atoms with Gasteiger partial charge in [0.05, 0.1) is 12.5 Å². The Labute approximate surface area is 158 Å². The Morgan fingerprint density at radius 3 is 2.37 bits per heavy atom. The lowest BCUT2D eigenvalue weighted by molar-refractivity contribution is -0.137. The molecule has 2 N–H and O–H groups in total. The van der Waals surface area contributed by atoms with Crippen LogP contribution in [0.3, 0.4) is 0 Å². The van der Waals surface area contributed by atoms with Crippen LogP contribution in [0.4, 0.5) is 4.39 Å². The van der Waals surface area contributed by atoms with E-state index in [2.05, 4.69) is 5.32 Å². The fourth-order valence-corrected chi connectivity index (χ4v) is 2.70. The average molecular weight is 373 g/mol. The van der Waals surface area contributed by atoms with Gasteiger partial charge in [-0.1, -0.05) is 31.2 Å². The number of halogens is 1. The summed E-state index contributed by atoms with van der Waals surface area (Å²) in [5, 5.41) is 11.5. The highest BCUT2D eigenvalue weighted by Gasteiger charge is 2.18. The van der Waals surface area contributed by atoms with E-state index in [9.17, 15) is 14.0 Å². The van der Waals surface area contributed by atoms with E-state index in [4.69, 9.17) is 9.84 Å². The Morgan fingerprint density at radius 1 is 1.11 bits per heavy atom. The van der Waals surface area contributed by atoms with Crippen molar-refractivity contribution in [2.24, 2.45) is 0 Å². The van der Waals surface area contributed by atoms with Crippen molar-refractivity contribution in [3.63, 3.8) is 0 Å². The minimum atomic E-state index is -0.837. The topological polar surface area (TPSA) is 75.6 Å². The second-order valence-corrected chi connectivity index (χ2v) is 6.22. The zero-order valence-corrected chi connectivity index (χ0v) is 15.3. The van der Waals surface area contributed by atoms with E-state index in [0.29, 0.717) is 31.7 Å². The number of nitrogens with one attached hydrogen (secondary N) is 1. The van der Waals surface area contributed by atoms with Gasteiger partial charge in [0.15, 0.2) is 0 Å². The SMILES string of the molecule is CCC(C(=O)NCc1ccc(OCCCC(=O)O)cc1)c1ccc(F)cc1. The van der Waals surface area contributed by atoms with Crippen LogP contribution in [0.2, 0.25) is 0 Å². The van der Waals surface area contributed by atoms with Crippen LogP contribution in [0, 0.1) is 5.82 Å². The first kappa shape index (κ1) is 20.4. The fraction of sp³-hybridized carbons (Fsp3) is 0.333. The van der Waals surface area contributed by atoms with E-state index in [1.54, 1.807) is 24.3 Å². The van der Waals surface area contributed by atoms with Crippen LogP contribution in [0.5, 0.6) is 5.75 Å². The maximum absolute atomic E-state index is 13.1. The van der Waals surface area contributed by atoms with Crippen LogP contribution in [0.15, 0.2) is 48.5 Å². The van der Waals surface area contributed by atoms with E-state index < -0.39 is 5.97 Å². The van der Waals surface area contributed by atoms with Gasteiger partial charge >= 0.3 is 5.97 Å². The number of carboxylic acid groups (broad SMARTS) is 1. The van der Waals surface area contributed by atoms with Gasteiger partial charge in [0.1, 0.15) is 11.6 Å². The Kier molecular flexibility index (Phi) is 7.79. The Hall–Kier alpha value is -2.89. The first-order valence-electron chi connectivity index (χ1n) is 8.96. The molecule has 144 valence electrons. The number of carbonyl (C=O) groups is 2. The third-order valence-corrected chi connectivity index (χ3v) is 4.19. The van der Waals surface area contributed by atoms with E-state index in [-0.39, 0.29) is 24.1 Å². The lowest BCUT2D eigenvalue weighted by Crippen LogP contribution is -2.28. The molecule has 0 saturated carbocycles. The monoisotopic (exact) mass is 373 g/mol. The molecule has 0 aliphatic rings. The molecule has 0 spiro atoms. The van der Waals surface area contributed by atoms with Gasteiger partial charge in [0.2, 0.25) is 5.91 Å². The second kappa shape index (κ2) is 10.3. The number of hydrogen-bond donors (Lipinski definition) is 2.